The fourth-order valence-electron chi connectivity index (χ4n) is 1.68. The van der Waals surface area contributed by atoms with Crippen molar-refractivity contribution in [3.05, 3.63) is 39.9 Å². The Morgan fingerprint density at radius 2 is 2.00 bits per heavy atom. The third kappa shape index (κ3) is 5.16. The summed E-state index contributed by atoms with van der Waals surface area (Å²) in [6, 6.07) is 1.77. The molecule has 0 saturated carbocycles. The monoisotopic (exact) mass is 344 g/mol. The first-order chi connectivity index (χ1) is 10.9. The second-order valence-electron chi connectivity index (χ2n) is 4.50. The summed E-state index contributed by atoms with van der Waals surface area (Å²) in [6.45, 7) is 2.37. The molecule has 124 valence electrons. The van der Waals surface area contributed by atoms with Crippen molar-refractivity contribution in [2.45, 2.75) is 26.2 Å². The zero-order valence-corrected chi connectivity index (χ0v) is 13.3. The lowest BCUT2D eigenvalue weighted by atomic mass is 10.4. The van der Waals surface area contributed by atoms with Gasteiger partial charge in [0.1, 0.15) is 10.8 Å². The van der Waals surface area contributed by atoms with E-state index in [4.69, 9.17) is 0 Å². The fraction of sp³-hybridized carbons (Fsp3) is 0.385. The first kappa shape index (κ1) is 17.1. The molecule has 0 aromatic carbocycles. The van der Waals surface area contributed by atoms with Gasteiger partial charge in [0.05, 0.1) is 18.8 Å². The normalized spacial score (nSPS) is 12.3. The van der Waals surface area contributed by atoms with Gasteiger partial charge in [-0.2, -0.15) is 13.2 Å². The molecule has 0 saturated heterocycles. The maximum absolute atomic E-state index is 12.5. The van der Waals surface area contributed by atoms with E-state index in [0.717, 1.165) is 22.4 Å². The molecule has 10 heteroatoms. The van der Waals surface area contributed by atoms with Gasteiger partial charge in [0.2, 0.25) is 0 Å². The van der Waals surface area contributed by atoms with Gasteiger partial charge in [-0.05, 0) is 13.0 Å². The molecule has 0 fully saturated rings. The highest BCUT2D eigenvalue weighted by Crippen LogP contribution is 2.29. The minimum Gasteiger partial charge on any atom is -0.351 e. The van der Waals surface area contributed by atoms with Crippen LogP contribution >= 0.6 is 11.3 Å². The Balaban J connectivity index is 1.87. The van der Waals surface area contributed by atoms with Crippen LogP contribution in [0.25, 0.3) is 0 Å². The molecule has 0 aliphatic rings. The second kappa shape index (κ2) is 7.36. The number of aliphatic imine (C=N–C) groups is 1. The summed E-state index contributed by atoms with van der Waals surface area (Å²) < 4.78 is 37.4. The zero-order chi connectivity index (χ0) is 16.9. The summed E-state index contributed by atoms with van der Waals surface area (Å²) in [5, 5.41) is 7.26. The molecular formula is C13H15F3N6S. The van der Waals surface area contributed by atoms with Gasteiger partial charge in [0.15, 0.2) is 11.7 Å². The molecular weight excluding hydrogens is 329 g/mol. The van der Waals surface area contributed by atoms with Gasteiger partial charge in [-0.3, -0.25) is 4.99 Å². The van der Waals surface area contributed by atoms with E-state index >= 15 is 0 Å². The summed E-state index contributed by atoms with van der Waals surface area (Å²) in [5.74, 6) is 1.11. The third-order valence-corrected chi connectivity index (χ3v) is 3.59. The molecule has 0 amide bonds. The highest BCUT2D eigenvalue weighted by atomic mass is 32.1. The summed E-state index contributed by atoms with van der Waals surface area (Å²) in [7, 11) is 1.57. The standard InChI is InChI=1S/C13H15F3N6S/c1-8-18-4-3-9(21-8)5-19-12(17-2)20-6-11-22-10(7-23-11)13(14,15)16/h3-4,7H,5-6H2,1-2H3,(H2,17,19,20). The van der Waals surface area contributed by atoms with Crippen LogP contribution in [-0.2, 0) is 19.3 Å². The lowest BCUT2D eigenvalue weighted by molar-refractivity contribution is -0.140. The van der Waals surface area contributed by atoms with Gasteiger partial charge in [0.25, 0.3) is 0 Å². The molecule has 2 aromatic heterocycles. The van der Waals surface area contributed by atoms with E-state index in [0.29, 0.717) is 23.3 Å². The van der Waals surface area contributed by atoms with Crippen molar-refractivity contribution in [2.75, 3.05) is 7.05 Å². The number of hydrogen-bond acceptors (Lipinski definition) is 5. The number of rotatable bonds is 4. The van der Waals surface area contributed by atoms with Crippen LogP contribution in [0.15, 0.2) is 22.6 Å². The Bertz CT molecular complexity index is 682. The smallest absolute Gasteiger partial charge is 0.351 e. The molecule has 2 N–H and O–H groups in total. The molecule has 0 aliphatic heterocycles. The van der Waals surface area contributed by atoms with Crippen molar-refractivity contribution in [3.63, 3.8) is 0 Å². The van der Waals surface area contributed by atoms with Gasteiger partial charge in [-0.25, -0.2) is 15.0 Å². The highest BCUT2D eigenvalue weighted by molar-refractivity contribution is 7.09. The molecule has 2 aromatic rings. The third-order valence-electron chi connectivity index (χ3n) is 2.74. The first-order valence-corrected chi connectivity index (χ1v) is 7.51. The number of guanidine groups is 1. The Kier molecular flexibility index (Phi) is 5.48. The summed E-state index contributed by atoms with van der Waals surface area (Å²) in [4.78, 5) is 15.8. The van der Waals surface area contributed by atoms with E-state index < -0.39 is 11.9 Å². The van der Waals surface area contributed by atoms with Crippen LogP contribution in [0.1, 0.15) is 22.2 Å². The first-order valence-electron chi connectivity index (χ1n) is 6.63. The molecule has 6 nitrogen and oxygen atoms in total. The average Bonchev–Trinajstić information content (AvgIpc) is 2.96. The number of aromatic nitrogens is 3. The van der Waals surface area contributed by atoms with Crippen LogP contribution in [0, 0.1) is 6.92 Å². The summed E-state index contributed by atoms with van der Waals surface area (Å²) >= 11 is 0.948. The van der Waals surface area contributed by atoms with Crippen molar-refractivity contribution in [2.24, 2.45) is 4.99 Å². The van der Waals surface area contributed by atoms with Crippen LogP contribution in [0.5, 0.6) is 0 Å². The summed E-state index contributed by atoms with van der Waals surface area (Å²) in [5.41, 5.74) is -0.0900. The van der Waals surface area contributed by atoms with Crippen molar-refractivity contribution in [1.29, 1.82) is 0 Å². The number of nitrogens with one attached hydrogen (secondary N) is 2. The molecule has 2 heterocycles. The Morgan fingerprint density at radius 3 is 2.61 bits per heavy atom. The minimum atomic E-state index is -4.42. The maximum Gasteiger partial charge on any atom is 0.434 e. The van der Waals surface area contributed by atoms with Crippen LogP contribution in [0.3, 0.4) is 0 Å². The topological polar surface area (TPSA) is 75.1 Å². The number of halogens is 3. The molecule has 0 atom stereocenters. The van der Waals surface area contributed by atoms with E-state index in [1.54, 1.807) is 26.2 Å². The van der Waals surface area contributed by atoms with Crippen molar-refractivity contribution in [3.8, 4) is 0 Å². The Morgan fingerprint density at radius 1 is 1.26 bits per heavy atom. The molecule has 0 radical (unpaired) electrons. The Hall–Kier alpha value is -2.23. The quantitative estimate of drug-likeness (QED) is 0.656. The Labute approximate surface area is 134 Å². The molecule has 2 rings (SSSR count). The van der Waals surface area contributed by atoms with E-state index in [2.05, 4.69) is 30.6 Å². The van der Waals surface area contributed by atoms with Crippen molar-refractivity contribution in [1.82, 2.24) is 25.6 Å². The average molecular weight is 344 g/mol. The van der Waals surface area contributed by atoms with Crippen LogP contribution in [0.4, 0.5) is 13.2 Å². The van der Waals surface area contributed by atoms with Crippen molar-refractivity contribution >= 4 is 17.3 Å². The number of nitrogens with zero attached hydrogens (tertiary/aromatic N) is 4. The molecule has 0 bridgehead atoms. The van der Waals surface area contributed by atoms with Gasteiger partial charge in [0, 0.05) is 18.6 Å². The molecule has 0 aliphatic carbocycles. The lowest BCUT2D eigenvalue weighted by Crippen LogP contribution is -2.36. The van der Waals surface area contributed by atoms with E-state index in [1.165, 1.54) is 0 Å². The van der Waals surface area contributed by atoms with Crippen LogP contribution in [0.2, 0.25) is 0 Å². The number of aryl methyl sites for hydroxylation is 1. The second-order valence-corrected chi connectivity index (χ2v) is 5.44. The number of hydrogen-bond donors (Lipinski definition) is 2. The minimum absolute atomic E-state index is 0.156. The van der Waals surface area contributed by atoms with E-state index in [1.807, 2.05) is 0 Å². The molecule has 0 unspecified atom stereocenters. The summed E-state index contributed by atoms with van der Waals surface area (Å²) in [6.07, 6.45) is -2.76. The van der Waals surface area contributed by atoms with Crippen molar-refractivity contribution < 1.29 is 13.2 Å². The maximum atomic E-state index is 12.5. The van der Waals surface area contributed by atoms with E-state index in [9.17, 15) is 13.2 Å². The number of alkyl halides is 3. The zero-order valence-electron chi connectivity index (χ0n) is 12.5. The van der Waals surface area contributed by atoms with Crippen LogP contribution in [-0.4, -0.2) is 28.0 Å². The predicted molar refractivity (Wildman–Crippen MR) is 80.9 cm³/mol. The fourth-order valence-corrected chi connectivity index (χ4v) is 2.42. The largest absolute Gasteiger partial charge is 0.434 e. The number of thiazole rings is 1. The van der Waals surface area contributed by atoms with Gasteiger partial charge in [-0.1, -0.05) is 0 Å². The molecule has 23 heavy (non-hydrogen) atoms. The highest BCUT2D eigenvalue weighted by Gasteiger charge is 2.33. The van der Waals surface area contributed by atoms with E-state index in [-0.39, 0.29) is 6.54 Å². The lowest BCUT2D eigenvalue weighted by Gasteiger charge is -2.10. The van der Waals surface area contributed by atoms with Gasteiger partial charge >= 0.3 is 6.18 Å². The predicted octanol–water partition coefficient (Wildman–Crippen LogP) is 2.13. The molecule has 0 spiro atoms. The van der Waals surface area contributed by atoms with Gasteiger partial charge in [-0.15, -0.1) is 11.3 Å². The van der Waals surface area contributed by atoms with Gasteiger partial charge < -0.3 is 10.6 Å². The SMILES string of the molecule is CN=C(NCc1ccnc(C)n1)NCc1nc(C(F)(F)F)cs1. The van der Waals surface area contributed by atoms with Crippen LogP contribution < -0.4 is 10.6 Å².